The number of hydrogen-bond acceptors (Lipinski definition) is 3. The van der Waals surface area contributed by atoms with E-state index < -0.39 is 0 Å². The van der Waals surface area contributed by atoms with Crippen LogP contribution in [0.3, 0.4) is 0 Å². The Bertz CT molecular complexity index is 374. The number of nitrogens with one attached hydrogen (secondary N) is 1. The number of aromatic nitrogens is 1. The molecule has 0 spiro atoms. The van der Waals surface area contributed by atoms with Crippen LogP contribution in [0.2, 0.25) is 0 Å². The predicted octanol–water partition coefficient (Wildman–Crippen LogP) is 3.76. The van der Waals surface area contributed by atoms with Gasteiger partial charge in [-0.05, 0) is 45.1 Å². The number of hydrogen-bond donors (Lipinski definition) is 1. The van der Waals surface area contributed by atoms with Crippen molar-refractivity contribution in [3.63, 3.8) is 0 Å². The zero-order valence-electron chi connectivity index (χ0n) is 12.1. The van der Waals surface area contributed by atoms with E-state index in [1.165, 1.54) is 36.4 Å². The Morgan fingerprint density at radius 1 is 1.44 bits per heavy atom. The highest BCUT2D eigenvalue weighted by Crippen LogP contribution is 2.34. The SMILES string of the molecule is CNC(CCCc1nc(C(C)(C)C)cs1)C1CC1. The van der Waals surface area contributed by atoms with E-state index in [0.29, 0.717) is 0 Å². The molecule has 2 nitrogen and oxygen atoms in total. The van der Waals surface area contributed by atoms with Gasteiger partial charge < -0.3 is 5.32 Å². The van der Waals surface area contributed by atoms with Gasteiger partial charge >= 0.3 is 0 Å². The van der Waals surface area contributed by atoms with Crippen LogP contribution < -0.4 is 5.32 Å². The van der Waals surface area contributed by atoms with Gasteiger partial charge in [0.05, 0.1) is 10.7 Å². The number of thiazole rings is 1. The van der Waals surface area contributed by atoms with Gasteiger partial charge in [-0.2, -0.15) is 0 Å². The molecule has 1 aliphatic carbocycles. The molecule has 1 unspecified atom stereocenters. The summed E-state index contributed by atoms with van der Waals surface area (Å²) in [5.74, 6) is 0.955. The van der Waals surface area contributed by atoms with Crippen molar-refractivity contribution in [2.24, 2.45) is 5.92 Å². The van der Waals surface area contributed by atoms with E-state index in [-0.39, 0.29) is 5.41 Å². The number of nitrogens with zero attached hydrogens (tertiary/aromatic N) is 1. The van der Waals surface area contributed by atoms with Crippen molar-refractivity contribution >= 4 is 11.3 Å². The van der Waals surface area contributed by atoms with E-state index in [9.17, 15) is 0 Å². The quantitative estimate of drug-likeness (QED) is 0.848. The van der Waals surface area contributed by atoms with Crippen LogP contribution in [0.15, 0.2) is 5.38 Å². The Balaban J connectivity index is 1.77. The van der Waals surface area contributed by atoms with Crippen LogP contribution in [0, 0.1) is 5.92 Å². The summed E-state index contributed by atoms with van der Waals surface area (Å²) in [4.78, 5) is 4.76. The van der Waals surface area contributed by atoms with Gasteiger partial charge in [-0.25, -0.2) is 4.98 Å². The van der Waals surface area contributed by atoms with E-state index in [1.807, 2.05) is 11.3 Å². The summed E-state index contributed by atoms with van der Waals surface area (Å²) in [5.41, 5.74) is 1.44. The van der Waals surface area contributed by atoms with Gasteiger partial charge in [0, 0.05) is 16.8 Å². The van der Waals surface area contributed by atoms with Gasteiger partial charge in [0.15, 0.2) is 0 Å². The zero-order valence-corrected chi connectivity index (χ0v) is 12.9. The summed E-state index contributed by atoms with van der Waals surface area (Å²) >= 11 is 1.83. The molecule has 0 radical (unpaired) electrons. The average Bonchev–Trinajstić information content (AvgIpc) is 3.01. The normalized spacial score (nSPS) is 18.0. The van der Waals surface area contributed by atoms with Crippen molar-refractivity contribution in [2.75, 3.05) is 7.05 Å². The van der Waals surface area contributed by atoms with Crippen molar-refractivity contribution in [3.05, 3.63) is 16.1 Å². The minimum atomic E-state index is 0.191. The summed E-state index contributed by atoms with van der Waals surface area (Å²) < 4.78 is 0. The van der Waals surface area contributed by atoms with Crippen LogP contribution in [-0.2, 0) is 11.8 Å². The van der Waals surface area contributed by atoms with Crippen LogP contribution in [0.25, 0.3) is 0 Å². The van der Waals surface area contributed by atoms with Gasteiger partial charge in [-0.1, -0.05) is 20.8 Å². The molecule has 1 aromatic heterocycles. The Labute approximate surface area is 115 Å². The lowest BCUT2D eigenvalue weighted by atomic mass is 9.93. The number of aryl methyl sites for hydroxylation is 1. The Morgan fingerprint density at radius 2 is 2.17 bits per heavy atom. The fourth-order valence-corrected chi connectivity index (χ4v) is 3.42. The standard InChI is InChI=1S/C15H26N2S/c1-15(2,3)13-10-18-14(17-13)7-5-6-12(16-4)11-8-9-11/h10-12,16H,5-9H2,1-4H3. The summed E-state index contributed by atoms with van der Waals surface area (Å²) in [5, 5.41) is 7.00. The molecule has 102 valence electrons. The highest BCUT2D eigenvalue weighted by atomic mass is 32.1. The maximum absolute atomic E-state index is 4.76. The smallest absolute Gasteiger partial charge is 0.0928 e. The molecule has 0 aliphatic heterocycles. The molecule has 1 heterocycles. The van der Waals surface area contributed by atoms with Gasteiger partial charge in [-0.3, -0.25) is 0 Å². The molecule has 1 fully saturated rings. The summed E-state index contributed by atoms with van der Waals surface area (Å²) in [6.45, 7) is 6.70. The largest absolute Gasteiger partial charge is 0.317 e. The Morgan fingerprint density at radius 3 is 2.67 bits per heavy atom. The first-order valence-corrected chi connectivity index (χ1v) is 8.01. The Kier molecular flexibility index (Phi) is 4.44. The Hall–Kier alpha value is -0.410. The molecule has 1 aliphatic rings. The van der Waals surface area contributed by atoms with E-state index >= 15 is 0 Å². The molecule has 1 saturated carbocycles. The highest BCUT2D eigenvalue weighted by Gasteiger charge is 2.29. The van der Waals surface area contributed by atoms with E-state index in [2.05, 4.69) is 38.5 Å². The maximum Gasteiger partial charge on any atom is 0.0928 e. The second kappa shape index (κ2) is 5.70. The summed E-state index contributed by atoms with van der Waals surface area (Å²) in [6.07, 6.45) is 6.56. The van der Waals surface area contributed by atoms with E-state index in [1.54, 1.807) is 0 Å². The van der Waals surface area contributed by atoms with Gasteiger partial charge in [0.2, 0.25) is 0 Å². The van der Waals surface area contributed by atoms with Gasteiger partial charge in [0.1, 0.15) is 0 Å². The molecule has 1 atom stereocenters. The molecule has 0 amide bonds. The molecule has 1 aromatic rings. The zero-order chi connectivity index (χ0) is 13.2. The van der Waals surface area contributed by atoms with Crippen LogP contribution in [-0.4, -0.2) is 18.1 Å². The van der Waals surface area contributed by atoms with E-state index in [4.69, 9.17) is 4.98 Å². The fourth-order valence-electron chi connectivity index (χ4n) is 2.36. The van der Waals surface area contributed by atoms with Crippen molar-refractivity contribution in [1.82, 2.24) is 10.3 Å². The minimum absolute atomic E-state index is 0.191. The monoisotopic (exact) mass is 266 g/mol. The molecule has 0 aromatic carbocycles. The third-order valence-corrected chi connectivity index (χ3v) is 4.70. The second-order valence-corrected chi connectivity index (χ2v) is 7.44. The summed E-state index contributed by atoms with van der Waals surface area (Å²) in [7, 11) is 2.10. The lowest BCUT2D eigenvalue weighted by molar-refractivity contribution is 0.456. The van der Waals surface area contributed by atoms with E-state index in [0.717, 1.165) is 18.4 Å². The lowest BCUT2D eigenvalue weighted by Crippen LogP contribution is -2.27. The first-order chi connectivity index (χ1) is 8.50. The van der Waals surface area contributed by atoms with Crippen molar-refractivity contribution in [3.8, 4) is 0 Å². The topological polar surface area (TPSA) is 24.9 Å². The average molecular weight is 266 g/mol. The molecule has 18 heavy (non-hydrogen) atoms. The van der Waals surface area contributed by atoms with Gasteiger partial charge in [0.25, 0.3) is 0 Å². The maximum atomic E-state index is 4.76. The van der Waals surface area contributed by atoms with Crippen molar-refractivity contribution < 1.29 is 0 Å². The third kappa shape index (κ3) is 3.79. The van der Waals surface area contributed by atoms with Crippen LogP contribution >= 0.6 is 11.3 Å². The third-order valence-electron chi connectivity index (χ3n) is 3.79. The van der Waals surface area contributed by atoms with Crippen molar-refractivity contribution in [1.29, 1.82) is 0 Å². The number of rotatable bonds is 6. The van der Waals surface area contributed by atoms with Crippen LogP contribution in [0.1, 0.15) is 57.2 Å². The predicted molar refractivity (Wildman–Crippen MR) is 79.3 cm³/mol. The molecule has 0 saturated heterocycles. The highest BCUT2D eigenvalue weighted by molar-refractivity contribution is 7.09. The molecular weight excluding hydrogens is 240 g/mol. The summed E-state index contributed by atoms with van der Waals surface area (Å²) in [6, 6.07) is 0.743. The van der Waals surface area contributed by atoms with Gasteiger partial charge in [-0.15, -0.1) is 11.3 Å². The van der Waals surface area contributed by atoms with Crippen LogP contribution in [0.5, 0.6) is 0 Å². The minimum Gasteiger partial charge on any atom is -0.317 e. The molecule has 3 heteroatoms. The second-order valence-electron chi connectivity index (χ2n) is 6.50. The first-order valence-electron chi connectivity index (χ1n) is 7.13. The molecular formula is C15H26N2S. The molecule has 2 rings (SSSR count). The van der Waals surface area contributed by atoms with Crippen LogP contribution in [0.4, 0.5) is 0 Å². The van der Waals surface area contributed by atoms with Crippen molar-refractivity contribution in [2.45, 2.75) is 64.3 Å². The molecule has 0 bridgehead atoms. The molecule has 1 N–H and O–H groups in total. The fraction of sp³-hybridized carbons (Fsp3) is 0.800. The lowest BCUT2D eigenvalue weighted by Gasteiger charge is -2.15. The first kappa shape index (κ1) is 14.0.